The average Bonchev–Trinajstić information content (AvgIpc) is 2.47. The van der Waals surface area contributed by atoms with Crippen molar-refractivity contribution < 1.29 is 9.53 Å². The normalized spacial score (nSPS) is 18.2. The molecular weight excluding hydrogens is 178 g/mol. The number of carbonyl (C=O) groups is 1. The summed E-state index contributed by atoms with van der Waals surface area (Å²) in [5.74, 6) is -0.00844. The lowest BCUT2D eigenvalue weighted by Crippen LogP contribution is -2.04. The van der Waals surface area contributed by atoms with Crippen molar-refractivity contribution >= 4 is 17.8 Å². The van der Waals surface area contributed by atoms with Crippen LogP contribution in [-0.4, -0.2) is 11.7 Å². The number of rotatable bonds is 1. The fourth-order valence-corrected chi connectivity index (χ4v) is 1.16. The first-order valence-corrected chi connectivity index (χ1v) is 4.30. The smallest absolute Gasteiger partial charge is 0.359 e. The molecule has 1 aromatic carbocycles. The maximum absolute atomic E-state index is 11.0. The summed E-state index contributed by atoms with van der Waals surface area (Å²) in [7, 11) is 0. The minimum absolute atomic E-state index is 0.360. The lowest BCUT2D eigenvalue weighted by molar-refractivity contribution is -0.130. The Labute approximate surface area is 81.7 Å². The maximum Gasteiger partial charge on any atom is 0.359 e. The van der Waals surface area contributed by atoms with Gasteiger partial charge < -0.3 is 4.74 Å². The largest absolute Gasteiger partial charge is 0.403 e. The Morgan fingerprint density at radius 3 is 2.57 bits per heavy atom. The quantitative estimate of drug-likeness (QED) is 0.631. The van der Waals surface area contributed by atoms with Gasteiger partial charge in [0.25, 0.3) is 0 Å². The van der Waals surface area contributed by atoms with Gasteiger partial charge in [-0.05, 0) is 12.5 Å². The van der Waals surface area contributed by atoms with Crippen LogP contribution in [0.25, 0.3) is 6.08 Å². The molecule has 0 spiro atoms. The summed E-state index contributed by atoms with van der Waals surface area (Å²) in [6.45, 7) is 1.63. The van der Waals surface area contributed by atoms with Crippen molar-refractivity contribution in [2.24, 2.45) is 4.99 Å². The number of hydrogen-bond donors (Lipinski definition) is 0. The molecule has 0 unspecified atom stereocenters. The Balaban J connectivity index is 2.26. The molecule has 0 radical (unpaired) electrons. The molecule has 1 aromatic rings. The van der Waals surface area contributed by atoms with E-state index in [-0.39, 0.29) is 5.97 Å². The molecule has 0 aliphatic carbocycles. The molecule has 0 aromatic heterocycles. The summed E-state index contributed by atoms with van der Waals surface area (Å²) >= 11 is 0. The third-order valence-corrected chi connectivity index (χ3v) is 1.86. The zero-order valence-electron chi connectivity index (χ0n) is 7.73. The van der Waals surface area contributed by atoms with Crippen molar-refractivity contribution in [2.75, 3.05) is 0 Å². The first kappa shape index (κ1) is 8.69. The maximum atomic E-state index is 11.0. The van der Waals surface area contributed by atoms with E-state index in [1.807, 2.05) is 30.3 Å². The van der Waals surface area contributed by atoms with Crippen molar-refractivity contribution in [3.05, 3.63) is 41.8 Å². The van der Waals surface area contributed by atoms with Gasteiger partial charge in [0.1, 0.15) is 5.71 Å². The lowest BCUT2D eigenvalue weighted by atomic mass is 10.2. The van der Waals surface area contributed by atoms with Crippen molar-refractivity contribution in [1.82, 2.24) is 0 Å². The predicted molar refractivity (Wildman–Crippen MR) is 53.6 cm³/mol. The van der Waals surface area contributed by atoms with Crippen molar-refractivity contribution in [3.63, 3.8) is 0 Å². The summed E-state index contributed by atoms with van der Waals surface area (Å²) in [6, 6.07) is 9.60. The zero-order valence-corrected chi connectivity index (χ0v) is 7.73. The second-order valence-electron chi connectivity index (χ2n) is 2.98. The second-order valence-corrected chi connectivity index (χ2v) is 2.98. The van der Waals surface area contributed by atoms with E-state index in [1.54, 1.807) is 13.0 Å². The van der Waals surface area contributed by atoms with Crippen LogP contribution in [-0.2, 0) is 9.53 Å². The van der Waals surface area contributed by atoms with Crippen LogP contribution in [0.2, 0.25) is 0 Å². The highest BCUT2D eigenvalue weighted by Crippen LogP contribution is 2.14. The number of ether oxygens (including phenoxy) is 1. The van der Waals surface area contributed by atoms with Crippen LogP contribution in [0.1, 0.15) is 12.5 Å². The zero-order chi connectivity index (χ0) is 9.97. The molecule has 14 heavy (non-hydrogen) atoms. The minimum atomic E-state index is -0.368. The van der Waals surface area contributed by atoms with Crippen molar-refractivity contribution in [2.45, 2.75) is 6.92 Å². The number of benzene rings is 1. The molecular formula is C11H9NO2. The number of carbonyl (C=O) groups excluding carboxylic acids is 1. The van der Waals surface area contributed by atoms with Crippen LogP contribution in [0.5, 0.6) is 0 Å². The number of aliphatic imine (C=N–C) groups is 1. The highest BCUT2D eigenvalue weighted by atomic mass is 16.6. The number of esters is 1. The van der Waals surface area contributed by atoms with Gasteiger partial charge in [-0.1, -0.05) is 30.3 Å². The molecule has 0 N–H and O–H groups in total. The van der Waals surface area contributed by atoms with Crippen molar-refractivity contribution in [3.8, 4) is 0 Å². The van der Waals surface area contributed by atoms with Gasteiger partial charge >= 0.3 is 5.97 Å². The monoisotopic (exact) mass is 187 g/mol. The number of cyclic esters (lactones) is 1. The first-order valence-electron chi connectivity index (χ1n) is 4.30. The fraction of sp³-hybridized carbons (Fsp3) is 0.0909. The molecule has 1 heterocycles. The second kappa shape index (κ2) is 3.46. The summed E-state index contributed by atoms with van der Waals surface area (Å²) < 4.78 is 4.90. The highest BCUT2D eigenvalue weighted by molar-refractivity contribution is 6.37. The summed E-state index contributed by atoms with van der Waals surface area (Å²) in [5.41, 5.74) is 1.36. The molecule has 0 bridgehead atoms. The molecule has 3 heteroatoms. The van der Waals surface area contributed by atoms with Gasteiger partial charge in [-0.3, -0.25) is 0 Å². The van der Waals surface area contributed by atoms with Crippen LogP contribution in [0.4, 0.5) is 0 Å². The molecule has 0 atom stereocenters. The lowest BCUT2D eigenvalue weighted by Gasteiger charge is -1.94. The molecule has 0 fully saturated rings. The van der Waals surface area contributed by atoms with E-state index >= 15 is 0 Å². The van der Waals surface area contributed by atoms with Crippen LogP contribution in [0, 0.1) is 0 Å². The van der Waals surface area contributed by atoms with Gasteiger partial charge in [-0.2, -0.15) is 0 Å². The minimum Gasteiger partial charge on any atom is -0.403 e. The van der Waals surface area contributed by atoms with Gasteiger partial charge in [0, 0.05) is 6.08 Å². The Morgan fingerprint density at radius 1 is 1.29 bits per heavy atom. The Morgan fingerprint density at radius 2 is 2.00 bits per heavy atom. The predicted octanol–water partition coefficient (Wildman–Crippen LogP) is 2.00. The van der Waals surface area contributed by atoms with E-state index in [0.717, 1.165) is 5.56 Å². The van der Waals surface area contributed by atoms with Gasteiger partial charge in [-0.25, -0.2) is 9.79 Å². The van der Waals surface area contributed by atoms with E-state index < -0.39 is 0 Å². The molecule has 0 saturated heterocycles. The molecule has 2 rings (SSSR count). The topological polar surface area (TPSA) is 38.7 Å². The summed E-state index contributed by atoms with van der Waals surface area (Å²) in [5, 5.41) is 0. The molecule has 70 valence electrons. The van der Waals surface area contributed by atoms with Gasteiger partial charge in [0.15, 0.2) is 0 Å². The third kappa shape index (κ3) is 1.71. The van der Waals surface area contributed by atoms with Gasteiger partial charge in [0.05, 0.1) is 0 Å². The average molecular weight is 187 g/mol. The number of nitrogens with zero attached hydrogens (tertiary/aromatic N) is 1. The Hall–Kier alpha value is -1.90. The first-order chi connectivity index (χ1) is 6.75. The van der Waals surface area contributed by atoms with E-state index in [9.17, 15) is 4.79 Å². The van der Waals surface area contributed by atoms with E-state index in [2.05, 4.69) is 4.99 Å². The van der Waals surface area contributed by atoms with Crippen LogP contribution in [0.15, 0.2) is 41.2 Å². The Bertz CT molecular complexity index is 418. The van der Waals surface area contributed by atoms with E-state index in [0.29, 0.717) is 11.6 Å². The SMILES string of the molecule is CC1=NC(=Cc2ccccc2)OC1=O. The third-order valence-electron chi connectivity index (χ3n) is 1.86. The van der Waals surface area contributed by atoms with Gasteiger partial charge in [0.2, 0.25) is 5.88 Å². The van der Waals surface area contributed by atoms with Crippen LogP contribution < -0.4 is 0 Å². The van der Waals surface area contributed by atoms with E-state index in [4.69, 9.17) is 4.74 Å². The van der Waals surface area contributed by atoms with Crippen molar-refractivity contribution in [1.29, 1.82) is 0 Å². The number of hydrogen-bond acceptors (Lipinski definition) is 3. The fourth-order valence-electron chi connectivity index (χ4n) is 1.16. The van der Waals surface area contributed by atoms with E-state index in [1.165, 1.54) is 0 Å². The van der Waals surface area contributed by atoms with Crippen LogP contribution in [0.3, 0.4) is 0 Å². The summed E-state index contributed by atoms with van der Waals surface area (Å²) in [4.78, 5) is 15.0. The highest BCUT2D eigenvalue weighted by Gasteiger charge is 2.18. The molecule has 0 saturated carbocycles. The molecule has 1 aliphatic heterocycles. The molecule has 1 aliphatic rings. The standard InChI is InChI=1S/C11H9NO2/c1-8-11(13)14-10(12-8)7-9-5-3-2-4-6-9/h2-7H,1H3. The summed E-state index contributed by atoms with van der Waals surface area (Å²) in [6.07, 6.45) is 1.73. The molecule has 3 nitrogen and oxygen atoms in total. The Kier molecular flexibility index (Phi) is 2.14. The molecule has 0 amide bonds. The van der Waals surface area contributed by atoms with Crippen LogP contribution >= 0.6 is 0 Å². The van der Waals surface area contributed by atoms with Gasteiger partial charge in [-0.15, -0.1) is 0 Å².